The monoisotopic (exact) mass is 401 g/mol. The normalized spacial score (nSPS) is 25.4. The quantitative estimate of drug-likeness (QED) is 0.301. The molecule has 0 spiro atoms. The first-order valence-corrected chi connectivity index (χ1v) is 10.6. The highest BCUT2D eigenvalue weighted by Crippen LogP contribution is 2.44. The first-order chi connectivity index (χ1) is 14.1. The van der Waals surface area contributed by atoms with Gasteiger partial charge in [0.05, 0.1) is 17.8 Å². The Hall–Kier alpha value is -2.41. The first kappa shape index (κ1) is 21.3. The highest BCUT2D eigenvalue weighted by molar-refractivity contribution is 5.87. The van der Waals surface area contributed by atoms with E-state index < -0.39 is 5.97 Å². The van der Waals surface area contributed by atoms with Crippen molar-refractivity contribution >= 4 is 18.1 Å². The number of carboxylic acids is 1. The van der Waals surface area contributed by atoms with Gasteiger partial charge in [-0.05, 0) is 49.3 Å². The van der Waals surface area contributed by atoms with E-state index in [1.54, 1.807) is 12.1 Å². The fourth-order valence-electron chi connectivity index (χ4n) is 4.21. The molecule has 1 aromatic rings. The maximum Gasteiger partial charge on any atom is 0.335 e. The van der Waals surface area contributed by atoms with Gasteiger partial charge in [0.25, 0.3) is 0 Å². The molecule has 1 amide bonds. The highest BCUT2D eigenvalue weighted by atomic mass is 16.5. The Morgan fingerprint density at radius 1 is 1.21 bits per heavy atom. The number of hydrogen-bond donors (Lipinski definition) is 3. The maximum atomic E-state index is 11.7. The number of carboxylic acid groups (broad SMARTS) is 1. The molecule has 29 heavy (non-hydrogen) atoms. The van der Waals surface area contributed by atoms with Gasteiger partial charge in [-0.3, -0.25) is 4.79 Å². The van der Waals surface area contributed by atoms with Crippen molar-refractivity contribution in [1.82, 2.24) is 10.7 Å². The molecule has 158 valence electrons. The third-order valence-electron chi connectivity index (χ3n) is 5.81. The molecule has 7 heteroatoms. The predicted octanol–water partition coefficient (Wildman–Crippen LogP) is 2.60. The molecule has 2 bridgehead atoms. The molecule has 4 unspecified atom stereocenters. The van der Waals surface area contributed by atoms with E-state index in [2.05, 4.69) is 22.8 Å². The van der Waals surface area contributed by atoms with E-state index >= 15 is 0 Å². The van der Waals surface area contributed by atoms with Crippen molar-refractivity contribution in [3.8, 4) is 0 Å². The minimum atomic E-state index is -0.907. The number of benzene rings is 1. The average Bonchev–Trinajstić information content (AvgIpc) is 3.31. The number of hydrogen-bond acceptors (Lipinski definition) is 5. The number of carbonyl (C=O) groups excluding carboxylic acids is 1. The highest BCUT2D eigenvalue weighted by Gasteiger charge is 2.47. The summed E-state index contributed by atoms with van der Waals surface area (Å²) in [6.07, 6.45) is 7.82. The minimum Gasteiger partial charge on any atom is -0.478 e. The second-order valence-corrected chi connectivity index (χ2v) is 7.88. The third-order valence-corrected chi connectivity index (χ3v) is 5.81. The van der Waals surface area contributed by atoms with Gasteiger partial charge in [0.2, 0.25) is 5.91 Å². The Kier molecular flexibility index (Phi) is 7.63. The van der Waals surface area contributed by atoms with Gasteiger partial charge < -0.3 is 20.6 Å². The summed E-state index contributed by atoms with van der Waals surface area (Å²) in [5.74, 6) is -0.284. The van der Waals surface area contributed by atoms with Gasteiger partial charge in [-0.1, -0.05) is 25.5 Å². The second kappa shape index (κ2) is 10.4. The topological polar surface area (TPSA) is 100 Å². The van der Waals surface area contributed by atoms with Crippen LogP contribution in [0.3, 0.4) is 0 Å². The summed E-state index contributed by atoms with van der Waals surface area (Å²) >= 11 is 0. The van der Waals surface area contributed by atoms with Crippen molar-refractivity contribution < 1.29 is 19.4 Å². The molecule has 3 N–H and O–H groups in total. The van der Waals surface area contributed by atoms with E-state index in [9.17, 15) is 9.59 Å². The fraction of sp³-hybridized carbons (Fsp3) is 0.591. The summed E-state index contributed by atoms with van der Waals surface area (Å²) in [5, 5.41) is 16.3. The van der Waals surface area contributed by atoms with Gasteiger partial charge in [-0.2, -0.15) is 5.10 Å². The van der Waals surface area contributed by atoms with Crippen LogP contribution in [0.4, 0.5) is 0 Å². The molecular formula is C22H31N3O4. The van der Waals surface area contributed by atoms with E-state index in [0.717, 1.165) is 44.2 Å². The van der Waals surface area contributed by atoms with E-state index in [0.29, 0.717) is 24.4 Å². The lowest BCUT2D eigenvalue weighted by Gasteiger charge is -2.25. The lowest BCUT2D eigenvalue weighted by atomic mass is 9.77. The minimum absolute atomic E-state index is 0.0482. The van der Waals surface area contributed by atoms with Crippen LogP contribution in [0.15, 0.2) is 29.4 Å². The largest absolute Gasteiger partial charge is 0.478 e. The van der Waals surface area contributed by atoms with Crippen molar-refractivity contribution in [2.24, 2.45) is 16.9 Å². The summed E-state index contributed by atoms with van der Waals surface area (Å²) in [6.45, 7) is 3.34. The van der Waals surface area contributed by atoms with Crippen LogP contribution in [0.5, 0.6) is 0 Å². The third kappa shape index (κ3) is 5.79. The SMILES string of the molecule is CCCCNC(=O)CCNN=CC1C2CCC(O2)C1Cc1ccc(C(=O)O)cc1. The van der Waals surface area contributed by atoms with Gasteiger partial charge in [-0.25, -0.2) is 4.79 Å². The van der Waals surface area contributed by atoms with Crippen molar-refractivity contribution in [3.05, 3.63) is 35.4 Å². The molecular weight excluding hydrogens is 370 g/mol. The van der Waals surface area contributed by atoms with Crippen LogP contribution in [-0.2, 0) is 16.0 Å². The van der Waals surface area contributed by atoms with Crippen LogP contribution >= 0.6 is 0 Å². The number of unbranched alkanes of at least 4 members (excludes halogenated alkanes) is 1. The standard InChI is InChI=1S/C22H31N3O4/c1-2-3-11-23-21(26)10-12-24-25-14-18-17(19-8-9-20(18)29-19)13-15-4-6-16(7-5-15)22(27)28/h4-7,14,17-20,24H,2-3,8-13H2,1H3,(H,23,26)(H,27,28). The summed E-state index contributed by atoms with van der Waals surface area (Å²) in [7, 11) is 0. The Morgan fingerprint density at radius 2 is 1.97 bits per heavy atom. The molecule has 2 aliphatic rings. The molecule has 7 nitrogen and oxygen atoms in total. The van der Waals surface area contributed by atoms with E-state index in [1.807, 2.05) is 18.3 Å². The van der Waals surface area contributed by atoms with Gasteiger partial charge >= 0.3 is 5.97 Å². The zero-order valence-electron chi connectivity index (χ0n) is 17.0. The molecule has 4 atom stereocenters. The molecule has 0 saturated carbocycles. The number of carbonyl (C=O) groups is 2. The number of amides is 1. The summed E-state index contributed by atoms with van der Waals surface area (Å²) in [4.78, 5) is 22.7. The smallest absolute Gasteiger partial charge is 0.335 e. The Labute approximate surface area is 171 Å². The van der Waals surface area contributed by atoms with Crippen LogP contribution in [0.2, 0.25) is 0 Å². The molecule has 0 radical (unpaired) electrons. The molecule has 2 fully saturated rings. The first-order valence-electron chi connectivity index (χ1n) is 10.6. The zero-order valence-corrected chi connectivity index (χ0v) is 17.0. The van der Waals surface area contributed by atoms with Crippen molar-refractivity contribution in [2.75, 3.05) is 13.1 Å². The van der Waals surface area contributed by atoms with Crippen molar-refractivity contribution in [2.45, 2.75) is 57.7 Å². The predicted molar refractivity (Wildman–Crippen MR) is 111 cm³/mol. The van der Waals surface area contributed by atoms with Gasteiger partial charge in [0, 0.05) is 31.6 Å². The average molecular weight is 402 g/mol. The van der Waals surface area contributed by atoms with Crippen LogP contribution < -0.4 is 10.7 Å². The second-order valence-electron chi connectivity index (χ2n) is 7.88. The van der Waals surface area contributed by atoms with Crippen molar-refractivity contribution in [3.63, 3.8) is 0 Å². The maximum absolute atomic E-state index is 11.7. The number of hydrazone groups is 1. The number of nitrogens with zero attached hydrogens (tertiary/aromatic N) is 1. The Balaban J connectivity index is 1.48. The molecule has 3 rings (SSSR count). The van der Waals surface area contributed by atoms with Gasteiger partial charge in [0.15, 0.2) is 0 Å². The molecule has 1 aromatic carbocycles. The fourth-order valence-corrected chi connectivity index (χ4v) is 4.21. The molecule has 0 aromatic heterocycles. The molecule has 0 aliphatic carbocycles. The van der Waals surface area contributed by atoms with Crippen LogP contribution in [0.25, 0.3) is 0 Å². The lowest BCUT2D eigenvalue weighted by Crippen LogP contribution is -2.31. The van der Waals surface area contributed by atoms with Crippen LogP contribution in [-0.4, -0.2) is 48.5 Å². The molecule has 2 heterocycles. The van der Waals surface area contributed by atoms with Crippen molar-refractivity contribution in [1.29, 1.82) is 0 Å². The number of rotatable bonds is 11. The lowest BCUT2D eigenvalue weighted by molar-refractivity contribution is -0.121. The van der Waals surface area contributed by atoms with Gasteiger partial charge in [-0.15, -0.1) is 0 Å². The van der Waals surface area contributed by atoms with E-state index in [4.69, 9.17) is 9.84 Å². The number of fused-ring (bicyclic) bond motifs is 2. The van der Waals surface area contributed by atoms with Gasteiger partial charge in [0.1, 0.15) is 0 Å². The Morgan fingerprint density at radius 3 is 2.69 bits per heavy atom. The molecule has 2 saturated heterocycles. The zero-order chi connectivity index (χ0) is 20.6. The summed E-state index contributed by atoms with van der Waals surface area (Å²) in [5.41, 5.74) is 4.41. The number of ether oxygens (including phenoxy) is 1. The van der Waals surface area contributed by atoms with E-state index in [1.165, 1.54) is 0 Å². The number of nitrogens with one attached hydrogen (secondary N) is 2. The Bertz CT molecular complexity index is 719. The summed E-state index contributed by atoms with van der Waals surface area (Å²) < 4.78 is 6.10. The number of aromatic carboxylic acids is 1. The van der Waals surface area contributed by atoms with Crippen LogP contribution in [0, 0.1) is 11.8 Å². The van der Waals surface area contributed by atoms with Crippen LogP contribution in [0.1, 0.15) is 54.9 Å². The summed E-state index contributed by atoms with van der Waals surface area (Å²) in [6, 6.07) is 7.09. The van der Waals surface area contributed by atoms with E-state index in [-0.39, 0.29) is 24.0 Å². The molecule has 2 aliphatic heterocycles.